The zero-order chi connectivity index (χ0) is 50.2. The smallest absolute Gasteiger partial charge is 0.550 e. The first kappa shape index (κ1) is 72.4. The van der Waals surface area contributed by atoms with Gasteiger partial charge in [-0.25, -0.2) is 0 Å². The van der Waals surface area contributed by atoms with Crippen LogP contribution in [0.25, 0.3) is 0 Å². The third-order valence-electron chi connectivity index (χ3n) is 13.6. The number of esters is 2. The van der Waals surface area contributed by atoms with Gasteiger partial charge in [-0.15, -0.1) is 0 Å². The molecule has 2 atom stereocenters. The van der Waals surface area contributed by atoms with Crippen LogP contribution in [0.5, 0.6) is 0 Å². The molecule has 0 fully saturated rings. The Morgan fingerprint density at radius 3 is 0.696 bits per heavy atom. The third-order valence-corrected chi connectivity index (χ3v) is 13.6. The Labute approximate surface area is 458 Å². The molecule has 0 N–H and O–H groups in total. The summed E-state index contributed by atoms with van der Waals surface area (Å²) in [5, 5.41) is 20.8. The van der Waals surface area contributed by atoms with Gasteiger partial charge in [-0.2, -0.15) is 0 Å². The van der Waals surface area contributed by atoms with Crippen LogP contribution in [0.15, 0.2) is 0 Å². The number of hydrogen-bond donors (Lipinski definition) is 0. The summed E-state index contributed by atoms with van der Waals surface area (Å²) >= 11 is 0. The van der Waals surface area contributed by atoms with Crippen molar-refractivity contribution in [2.24, 2.45) is 0 Å². The van der Waals surface area contributed by atoms with Crippen molar-refractivity contribution in [2.45, 2.75) is 361 Å². The standard InChI is InChI=1S/2C30H58O4.Ca/c2*1-3-5-7-8-9-12-17-20-23-27-30(33)34-28(24-6-4-2)25-21-18-15-13-10-11-14-16-19-22-26-29(31)32;/h2*28H,3-27H2,1-2H3,(H,31,32);/q;;+2/p-2. The summed E-state index contributed by atoms with van der Waals surface area (Å²) in [5.41, 5.74) is 0. The predicted octanol–water partition coefficient (Wildman–Crippen LogP) is 16.5. The van der Waals surface area contributed by atoms with E-state index in [1.807, 2.05) is 0 Å². The molecule has 0 aromatic carbocycles. The van der Waals surface area contributed by atoms with Crippen molar-refractivity contribution in [2.75, 3.05) is 0 Å². The summed E-state index contributed by atoms with van der Waals surface area (Å²) in [7, 11) is 0. The van der Waals surface area contributed by atoms with Crippen molar-refractivity contribution in [3.8, 4) is 0 Å². The Morgan fingerprint density at radius 1 is 0.275 bits per heavy atom. The molecule has 404 valence electrons. The molecule has 8 nitrogen and oxygen atoms in total. The molecule has 0 bridgehead atoms. The monoisotopic (exact) mass is 1000 g/mol. The van der Waals surface area contributed by atoms with Crippen LogP contribution < -0.4 is 10.2 Å². The van der Waals surface area contributed by atoms with Gasteiger partial charge in [-0.1, -0.05) is 259 Å². The first-order valence-corrected chi connectivity index (χ1v) is 30.0. The summed E-state index contributed by atoms with van der Waals surface area (Å²) in [4.78, 5) is 45.4. The molecule has 0 saturated heterocycles. The van der Waals surface area contributed by atoms with E-state index in [1.165, 1.54) is 167 Å². The normalized spacial score (nSPS) is 11.9. The van der Waals surface area contributed by atoms with E-state index in [0.29, 0.717) is 12.8 Å². The van der Waals surface area contributed by atoms with Gasteiger partial charge in [-0.05, 0) is 77.0 Å². The number of rotatable bonds is 54. The van der Waals surface area contributed by atoms with Gasteiger partial charge in [0.05, 0.1) is 0 Å². The molecule has 0 saturated carbocycles. The largest absolute Gasteiger partial charge is 2.00 e. The summed E-state index contributed by atoms with van der Waals surface area (Å²) in [5.74, 6) is -1.82. The van der Waals surface area contributed by atoms with Crippen LogP contribution in [0.3, 0.4) is 0 Å². The Morgan fingerprint density at radius 2 is 0.464 bits per heavy atom. The molecule has 0 aromatic heterocycles. The first-order valence-electron chi connectivity index (χ1n) is 30.0. The van der Waals surface area contributed by atoms with Gasteiger partial charge in [0.25, 0.3) is 0 Å². The molecule has 0 aromatic rings. The molecule has 0 aliphatic rings. The van der Waals surface area contributed by atoms with Crippen LogP contribution >= 0.6 is 0 Å². The van der Waals surface area contributed by atoms with Gasteiger partial charge < -0.3 is 29.3 Å². The number of carbonyl (C=O) groups excluding carboxylic acids is 4. The summed E-state index contributed by atoms with van der Waals surface area (Å²) < 4.78 is 11.7. The van der Waals surface area contributed by atoms with Crippen LogP contribution in [-0.2, 0) is 28.7 Å². The number of hydrogen-bond acceptors (Lipinski definition) is 8. The van der Waals surface area contributed by atoms with E-state index in [9.17, 15) is 29.4 Å². The van der Waals surface area contributed by atoms with Crippen molar-refractivity contribution >= 4 is 61.6 Å². The Balaban J connectivity index is -0.00000124. The molecule has 69 heavy (non-hydrogen) atoms. The molecule has 0 heterocycles. The van der Waals surface area contributed by atoms with Crippen molar-refractivity contribution < 1.29 is 38.9 Å². The second-order valence-electron chi connectivity index (χ2n) is 20.6. The van der Waals surface area contributed by atoms with Crippen LogP contribution in [-0.4, -0.2) is 73.8 Å². The second-order valence-corrected chi connectivity index (χ2v) is 20.6. The van der Waals surface area contributed by atoms with Crippen LogP contribution in [0.1, 0.15) is 349 Å². The maximum Gasteiger partial charge on any atom is 2.00 e. The molecule has 0 aliphatic carbocycles. The Kier molecular flexibility index (Phi) is 64.5. The molecule has 2 unspecified atom stereocenters. The fraction of sp³-hybridized carbons (Fsp3) is 0.933. The number of ether oxygens (including phenoxy) is 2. The fourth-order valence-electron chi connectivity index (χ4n) is 9.15. The third kappa shape index (κ3) is 63.2. The van der Waals surface area contributed by atoms with Gasteiger partial charge in [0.2, 0.25) is 0 Å². The van der Waals surface area contributed by atoms with Crippen molar-refractivity contribution in [1.29, 1.82) is 0 Å². The van der Waals surface area contributed by atoms with E-state index < -0.39 is 11.9 Å². The number of carbonyl (C=O) groups is 4. The average molecular weight is 1000 g/mol. The zero-order valence-electron chi connectivity index (χ0n) is 46.5. The summed E-state index contributed by atoms with van der Waals surface area (Å²) in [6.45, 7) is 8.91. The zero-order valence-corrected chi connectivity index (χ0v) is 48.7. The molecule has 0 spiro atoms. The van der Waals surface area contributed by atoms with Gasteiger partial charge in [0.1, 0.15) is 12.2 Å². The first-order chi connectivity index (χ1) is 33.2. The second kappa shape index (κ2) is 61.4. The van der Waals surface area contributed by atoms with E-state index in [4.69, 9.17) is 9.47 Å². The topological polar surface area (TPSA) is 133 Å². The van der Waals surface area contributed by atoms with E-state index in [2.05, 4.69) is 27.7 Å². The molecule has 9 heteroatoms. The summed E-state index contributed by atoms with van der Waals surface area (Å²) in [6, 6.07) is 0. The van der Waals surface area contributed by atoms with Crippen molar-refractivity contribution in [3.63, 3.8) is 0 Å². The summed E-state index contributed by atoms with van der Waals surface area (Å²) in [6.07, 6.45) is 56.4. The minimum Gasteiger partial charge on any atom is -0.550 e. The quantitative estimate of drug-likeness (QED) is 0.0334. The molecule has 0 aliphatic heterocycles. The van der Waals surface area contributed by atoms with E-state index in [1.54, 1.807) is 0 Å². The van der Waals surface area contributed by atoms with Crippen LogP contribution in [0.4, 0.5) is 0 Å². The Bertz CT molecular complexity index is 988. The molecule has 0 radical (unpaired) electrons. The van der Waals surface area contributed by atoms with E-state index in [0.717, 1.165) is 128 Å². The predicted molar refractivity (Wildman–Crippen MR) is 289 cm³/mol. The maximum absolute atomic E-state index is 12.3. The number of unbranched alkanes of at least 4 members (excludes halogenated alkanes) is 36. The van der Waals surface area contributed by atoms with Crippen molar-refractivity contribution in [1.82, 2.24) is 0 Å². The Hall–Kier alpha value is -0.860. The van der Waals surface area contributed by atoms with Gasteiger partial charge in [-0.3, -0.25) is 9.59 Å². The average Bonchev–Trinajstić information content (AvgIpc) is 3.31. The van der Waals surface area contributed by atoms with E-state index >= 15 is 0 Å². The molecular formula is C60H114CaO8. The van der Waals surface area contributed by atoms with Crippen LogP contribution in [0.2, 0.25) is 0 Å². The molecule has 0 rings (SSSR count). The molecular weight excluding hydrogens is 889 g/mol. The maximum atomic E-state index is 12.3. The minimum atomic E-state index is -0.925. The van der Waals surface area contributed by atoms with Gasteiger partial charge in [0, 0.05) is 24.8 Å². The van der Waals surface area contributed by atoms with Gasteiger partial charge >= 0.3 is 49.7 Å². The van der Waals surface area contributed by atoms with Crippen LogP contribution in [0, 0.1) is 0 Å². The molecule has 0 amide bonds. The number of carboxylic acid groups (broad SMARTS) is 2. The fourth-order valence-corrected chi connectivity index (χ4v) is 9.15. The number of carboxylic acids is 2. The van der Waals surface area contributed by atoms with Crippen molar-refractivity contribution in [3.05, 3.63) is 0 Å². The minimum absolute atomic E-state index is 0. The van der Waals surface area contributed by atoms with Gasteiger partial charge in [0.15, 0.2) is 0 Å². The van der Waals surface area contributed by atoms with E-state index in [-0.39, 0.29) is 74.7 Å². The SMILES string of the molecule is CCCCCCCCCCCC(=O)OC(CCCC)CCCCCCCCCCCCC(=O)[O-].CCCCCCCCCCCC(=O)OC(CCCC)CCCCCCCCCCCCC(=O)[O-].[Ca+2]. The number of aliphatic carboxylic acids is 2.